The number of carbonyl (C=O) groups excluding carboxylic acids is 1. The van der Waals surface area contributed by atoms with Crippen molar-refractivity contribution in [2.45, 2.75) is 19.9 Å². The molecule has 0 bridgehead atoms. The number of ether oxygens (including phenoxy) is 1. The predicted octanol–water partition coefficient (Wildman–Crippen LogP) is -0.245. The summed E-state index contributed by atoms with van der Waals surface area (Å²) >= 11 is 0. The molecule has 1 amide bonds. The van der Waals surface area contributed by atoms with Gasteiger partial charge in [0.25, 0.3) is 0 Å². The third-order valence-electron chi connectivity index (χ3n) is 5.03. The van der Waals surface area contributed by atoms with Crippen molar-refractivity contribution in [1.82, 2.24) is 24.9 Å². The van der Waals surface area contributed by atoms with Gasteiger partial charge in [-0.25, -0.2) is 0 Å². The highest BCUT2D eigenvalue weighted by molar-refractivity contribution is 5.98. The minimum atomic E-state index is 0.0704. The van der Waals surface area contributed by atoms with E-state index in [1.165, 1.54) is 0 Å². The SMILES string of the molecule is CCNC(=NCC(C)N1CCOCC1)N1CCN(c2cnn(C)c2)C(=O)C1. The van der Waals surface area contributed by atoms with E-state index >= 15 is 0 Å². The fourth-order valence-corrected chi connectivity index (χ4v) is 3.45. The fraction of sp³-hybridized carbons (Fsp3) is 0.722. The van der Waals surface area contributed by atoms with Gasteiger partial charge in [-0.1, -0.05) is 0 Å². The van der Waals surface area contributed by atoms with Crippen LogP contribution in [0.5, 0.6) is 0 Å². The number of morpholine rings is 1. The van der Waals surface area contributed by atoms with Gasteiger partial charge in [0.2, 0.25) is 5.91 Å². The lowest BCUT2D eigenvalue weighted by molar-refractivity contribution is -0.120. The molecule has 1 unspecified atom stereocenters. The molecular weight excluding hydrogens is 346 g/mol. The Labute approximate surface area is 161 Å². The summed E-state index contributed by atoms with van der Waals surface area (Å²) < 4.78 is 7.14. The van der Waals surface area contributed by atoms with Crippen LogP contribution >= 0.6 is 0 Å². The van der Waals surface area contributed by atoms with Gasteiger partial charge in [0.05, 0.1) is 31.6 Å². The number of aromatic nitrogens is 2. The zero-order valence-electron chi connectivity index (χ0n) is 16.6. The second-order valence-corrected chi connectivity index (χ2v) is 7.03. The van der Waals surface area contributed by atoms with Crippen LogP contribution < -0.4 is 10.2 Å². The molecule has 2 saturated heterocycles. The number of amides is 1. The summed E-state index contributed by atoms with van der Waals surface area (Å²) in [7, 11) is 1.86. The van der Waals surface area contributed by atoms with Crippen LogP contribution in [0, 0.1) is 0 Å². The summed E-state index contributed by atoms with van der Waals surface area (Å²) in [4.78, 5) is 23.7. The number of carbonyl (C=O) groups is 1. The third-order valence-corrected chi connectivity index (χ3v) is 5.03. The number of aliphatic imine (C=N–C) groups is 1. The number of hydrogen-bond acceptors (Lipinski definition) is 5. The summed E-state index contributed by atoms with van der Waals surface area (Å²) in [6.45, 7) is 10.9. The van der Waals surface area contributed by atoms with Crippen molar-refractivity contribution in [1.29, 1.82) is 0 Å². The predicted molar refractivity (Wildman–Crippen MR) is 105 cm³/mol. The Morgan fingerprint density at radius 2 is 2.11 bits per heavy atom. The second-order valence-electron chi connectivity index (χ2n) is 7.03. The number of piperazine rings is 1. The van der Waals surface area contributed by atoms with Crippen LogP contribution in [-0.4, -0.2) is 96.5 Å². The van der Waals surface area contributed by atoms with Gasteiger partial charge in [-0.3, -0.25) is 19.4 Å². The van der Waals surface area contributed by atoms with E-state index < -0.39 is 0 Å². The Bertz CT molecular complexity index is 654. The molecule has 1 atom stereocenters. The Hall–Kier alpha value is -2.13. The molecule has 0 radical (unpaired) electrons. The standard InChI is InChI=1S/C18H31N7O2/c1-4-19-18(20-11-15(2)23-7-9-27-10-8-23)24-5-6-25(17(26)14-24)16-12-21-22(3)13-16/h12-13,15H,4-11,14H2,1-3H3,(H,19,20). The molecular formula is C18H31N7O2. The summed E-state index contributed by atoms with van der Waals surface area (Å²) in [5, 5.41) is 7.50. The molecule has 150 valence electrons. The van der Waals surface area contributed by atoms with Crippen LogP contribution in [0.2, 0.25) is 0 Å². The number of anilines is 1. The number of nitrogens with one attached hydrogen (secondary N) is 1. The maximum Gasteiger partial charge on any atom is 0.246 e. The lowest BCUT2D eigenvalue weighted by atomic mass is 10.2. The average molecular weight is 377 g/mol. The number of aryl methyl sites for hydroxylation is 1. The first-order chi connectivity index (χ1) is 13.1. The third kappa shape index (κ3) is 4.98. The minimum Gasteiger partial charge on any atom is -0.379 e. The Morgan fingerprint density at radius 3 is 2.74 bits per heavy atom. The van der Waals surface area contributed by atoms with Gasteiger partial charge in [0.1, 0.15) is 6.54 Å². The Kier molecular flexibility index (Phi) is 6.68. The van der Waals surface area contributed by atoms with Crippen molar-refractivity contribution in [3.05, 3.63) is 12.4 Å². The van der Waals surface area contributed by atoms with Gasteiger partial charge in [-0.15, -0.1) is 0 Å². The molecule has 27 heavy (non-hydrogen) atoms. The van der Waals surface area contributed by atoms with Crippen molar-refractivity contribution in [2.75, 3.05) is 63.9 Å². The topological polar surface area (TPSA) is 78.2 Å². The highest BCUT2D eigenvalue weighted by atomic mass is 16.5. The van der Waals surface area contributed by atoms with Crippen LogP contribution in [0.15, 0.2) is 17.4 Å². The summed E-state index contributed by atoms with van der Waals surface area (Å²) in [5.41, 5.74) is 0.852. The Balaban J connectivity index is 1.60. The molecule has 0 spiro atoms. The quantitative estimate of drug-likeness (QED) is 0.563. The van der Waals surface area contributed by atoms with E-state index in [0.29, 0.717) is 25.7 Å². The van der Waals surface area contributed by atoms with Gasteiger partial charge in [-0.05, 0) is 13.8 Å². The monoisotopic (exact) mass is 377 g/mol. The molecule has 1 aromatic rings. The highest BCUT2D eigenvalue weighted by Crippen LogP contribution is 2.16. The molecule has 3 heterocycles. The normalized spacial score (nSPS) is 20.9. The van der Waals surface area contributed by atoms with Gasteiger partial charge < -0.3 is 19.9 Å². The second kappa shape index (κ2) is 9.18. The number of hydrogen-bond donors (Lipinski definition) is 1. The molecule has 1 aromatic heterocycles. The molecule has 9 nitrogen and oxygen atoms in total. The van der Waals surface area contributed by atoms with Gasteiger partial charge in [0.15, 0.2) is 5.96 Å². The summed E-state index contributed by atoms with van der Waals surface area (Å²) in [6, 6.07) is 0.356. The molecule has 2 fully saturated rings. The molecule has 0 aliphatic carbocycles. The molecule has 0 aromatic carbocycles. The maximum atomic E-state index is 12.7. The summed E-state index contributed by atoms with van der Waals surface area (Å²) in [6.07, 6.45) is 3.60. The van der Waals surface area contributed by atoms with Crippen LogP contribution in [-0.2, 0) is 16.6 Å². The lowest BCUT2D eigenvalue weighted by Crippen LogP contribution is -2.55. The fourth-order valence-electron chi connectivity index (χ4n) is 3.45. The first kappa shape index (κ1) is 19.6. The van der Waals surface area contributed by atoms with Crippen molar-refractivity contribution < 1.29 is 9.53 Å². The van der Waals surface area contributed by atoms with E-state index in [4.69, 9.17) is 9.73 Å². The van der Waals surface area contributed by atoms with E-state index in [0.717, 1.165) is 51.0 Å². The largest absolute Gasteiger partial charge is 0.379 e. The van der Waals surface area contributed by atoms with Crippen molar-refractivity contribution in [3.63, 3.8) is 0 Å². The lowest BCUT2D eigenvalue weighted by Gasteiger charge is -2.36. The minimum absolute atomic E-state index is 0.0704. The molecule has 2 aliphatic rings. The van der Waals surface area contributed by atoms with Crippen LogP contribution in [0.3, 0.4) is 0 Å². The van der Waals surface area contributed by atoms with Gasteiger partial charge >= 0.3 is 0 Å². The smallest absolute Gasteiger partial charge is 0.246 e. The molecule has 2 aliphatic heterocycles. The van der Waals surface area contributed by atoms with Crippen LogP contribution in [0.4, 0.5) is 5.69 Å². The number of rotatable bonds is 5. The molecule has 9 heteroatoms. The van der Waals surface area contributed by atoms with E-state index in [1.807, 2.05) is 18.1 Å². The van der Waals surface area contributed by atoms with E-state index in [1.54, 1.807) is 15.8 Å². The zero-order valence-corrected chi connectivity index (χ0v) is 16.6. The molecule has 1 N–H and O–H groups in total. The van der Waals surface area contributed by atoms with Crippen molar-refractivity contribution in [2.24, 2.45) is 12.0 Å². The maximum absolute atomic E-state index is 12.7. The van der Waals surface area contributed by atoms with E-state index in [9.17, 15) is 4.79 Å². The molecule has 0 saturated carbocycles. The first-order valence-electron chi connectivity index (χ1n) is 9.72. The van der Waals surface area contributed by atoms with Gasteiger partial charge in [0, 0.05) is 52.0 Å². The zero-order chi connectivity index (χ0) is 19.2. The number of nitrogens with zero attached hydrogens (tertiary/aromatic N) is 6. The summed E-state index contributed by atoms with van der Waals surface area (Å²) in [5.74, 6) is 0.887. The first-order valence-corrected chi connectivity index (χ1v) is 9.72. The van der Waals surface area contributed by atoms with E-state index in [2.05, 4.69) is 29.2 Å². The van der Waals surface area contributed by atoms with Gasteiger partial charge in [-0.2, -0.15) is 5.10 Å². The van der Waals surface area contributed by atoms with Crippen LogP contribution in [0.1, 0.15) is 13.8 Å². The van der Waals surface area contributed by atoms with Crippen molar-refractivity contribution in [3.8, 4) is 0 Å². The van der Waals surface area contributed by atoms with Crippen LogP contribution in [0.25, 0.3) is 0 Å². The van der Waals surface area contributed by atoms with E-state index in [-0.39, 0.29) is 5.91 Å². The number of guanidine groups is 1. The highest BCUT2D eigenvalue weighted by Gasteiger charge is 2.28. The Morgan fingerprint density at radius 1 is 1.33 bits per heavy atom. The van der Waals surface area contributed by atoms with Crippen molar-refractivity contribution >= 4 is 17.6 Å². The molecule has 3 rings (SSSR count). The average Bonchev–Trinajstić information content (AvgIpc) is 3.11.